The number of amides is 1. The van der Waals surface area contributed by atoms with Gasteiger partial charge in [-0.1, -0.05) is 35.5 Å². The molecule has 3 rings (SSSR count). The van der Waals surface area contributed by atoms with Crippen molar-refractivity contribution in [2.75, 3.05) is 33.1 Å². The summed E-state index contributed by atoms with van der Waals surface area (Å²) in [6, 6.07) is 9.10. The Bertz CT molecular complexity index is 898. The van der Waals surface area contributed by atoms with Crippen molar-refractivity contribution in [2.24, 2.45) is 5.92 Å². The normalized spacial score (nSPS) is 19.8. The van der Waals surface area contributed by atoms with Gasteiger partial charge >= 0.3 is 0 Å². The summed E-state index contributed by atoms with van der Waals surface area (Å²) in [6.07, 6.45) is 0.472. The van der Waals surface area contributed by atoms with Crippen molar-refractivity contribution >= 4 is 15.9 Å². The topological polar surface area (TPSA) is 115 Å². The molecule has 1 N–H and O–H groups in total. The zero-order valence-electron chi connectivity index (χ0n) is 15.9. The quantitative estimate of drug-likeness (QED) is 0.683. The number of hydrogen-bond donors (Lipinski definition) is 1. The van der Waals surface area contributed by atoms with E-state index in [-0.39, 0.29) is 30.0 Å². The molecule has 0 unspecified atom stereocenters. The second-order valence-electron chi connectivity index (χ2n) is 6.91. The first-order valence-corrected chi connectivity index (χ1v) is 10.6. The van der Waals surface area contributed by atoms with Crippen LogP contribution in [0, 0.1) is 5.92 Å². The van der Waals surface area contributed by atoms with Gasteiger partial charge in [-0.3, -0.25) is 4.79 Å². The molecule has 10 heteroatoms. The zero-order chi connectivity index (χ0) is 20.1. The van der Waals surface area contributed by atoms with E-state index < -0.39 is 10.0 Å². The lowest BCUT2D eigenvalue weighted by atomic mass is 10.1. The van der Waals surface area contributed by atoms with Crippen LogP contribution in [0.1, 0.15) is 12.3 Å². The van der Waals surface area contributed by atoms with E-state index in [1.807, 2.05) is 30.3 Å². The SMILES string of the molecule is CN(C)S(=O)(=O)C[C@@H]1COC[C@H]1NC(=O)CCc1nc(-c2ccccc2)no1. The van der Waals surface area contributed by atoms with Crippen LogP contribution in [0.3, 0.4) is 0 Å². The third kappa shape index (κ3) is 5.15. The minimum atomic E-state index is -3.36. The van der Waals surface area contributed by atoms with Gasteiger partial charge in [-0.05, 0) is 0 Å². The summed E-state index contributed by atoms with van der Waals surface area (Å²) in [6.45, 7) is 0.611. The van der Waals surface area contributed by atoms with Gasteiger partial charge in [0.2, 0.25) is 27.6 Å². The van der Waals surface area contributed by atoms with Crippen LogP contribution >= 0.6 is 0 Å². The fraction of sp³-hybridized carbons (Fsp3) is 0.500. The number of sulfonamides is 1. The fourth-order valence-electron chi connectivity index (χ4n) is 2.90. The average molecular weight is 408 g/mol. The third-order valence-corrected chi connectivity index (χ3v) is 6.55. The maximum atomic E-state index is 12.3. The molecule has 1 aromatic heterocycles. The molecule has 9 nitrogen and oxygen atoms in total. The number of benzene rings is 1. The number of aromatic nitrogens is 2. The fourth-order valence-corrected chi connectivity index (χ4v) is 4.07. The zero-order valence-corrected chi connectivity index (χ0v) is 16.7. The molecule has 1 saturated heterocycles. The summed E-state index contributed by atoms with van der Waals surface area (Å²) in [5, 5.41) is 6.79. The number of aryl methyl sites for hydroxylation is 1. The van der Waals surface area contributed by atoms with Crippen LogP contribution in [0.15, 0.2) is 34.9 Å². The van der Waals surface area contributed by atoms with Crippen LogP contribution in [-0.2, 0) is 26.0 Å². The van der Waals surface area contributed by atoms with Gasteiger partial charge in [-0.2, -0.15) is 4.98 Å². The largest absolute Gasteiger partial charge is 0.379 e. The van der Waals surface area contributed by atoms with Crippen molar-refractivity contribution in [1.82, 2.24) is 19.8 Å². The number of nitrogens with one attached hydrogen (secondary N) is 1. The Kier molecular flexibility index (Phi) is 6.42. The van der Waals surface area contributed by atoms with E-state index in [1.165, 1.54) is 18.4 Å². The number of ether oxygens (including phenoxy) is 1. The Balaban J connectivity index is 1.51. The Morgan fingerprint density at radius 2 is 2.00 bits per heavy atom. The number of rotatable bonds is 8. The lowest BCUT2D eigenvalue weighted by Gasteiger charge is -2.20. The van der Waals surface area contributed by atoms with Gasteiger partial charge in [0.05, 0.1) is 25.0 Å². The summed E-state index contributed by atoms with van der Waals surface area (Å²) in [7, 11) is -0.375. The van der Waals surface area contributed by atoms with E-state index in [1.54, 1.807) is 0 Å². The highest BCUT2D eigenvalue weighted by Crippen LogP contribution is 2.18. The van der Waals surface area contributed by atoms with E-state index >= 15 is 0 Å². The van der Waals surface area contributed by atoms with Crippen molar-refractivity contribution in [3.05, 3.63) is 36.2 Å². The highest BCUT2D eigenvalue weighted by molar-refractivity contribution is 7.89. The van der Waals surface area contributed by atoms with E-state index in [4.69, 9.17) is 9.26 Å². The monoisotopic (exact) mass is 408 g/mol. The molecule has 1 aliphatic rings. The maximum Gasteiger partial charge on any atom is 0.227 e. The first-order valence-electron chi connectivity index (χ1n) is 9.00. The number of carbonyl (C=O) groups excluding carboxylic acids is 1. The Labute approximate surface area is 164 Å². The van der Waals surface area contributed by atoms with E-state index in [2.05, 4.69) is 15.5 Å². The molecule has 1 aromatic carbocycles. The lowest BCUT2D eigenvalue weighted by molar-refractivity contribution is -0.122. The highest BCUT2D eigenvalue weighted by atomic mass is 32.2. The predicted molar refractivity (Wildman–Crippen MR) is 102 cm³/mol. The van der Waals surface area contributed by atoms with Gasteiger partial charge < -0.3 is 14.6 Å². The molecular weight excluding hydrogens is 384 g/mol. The van der Waals surface area contributed by atoms with Crippen LogP contribution < -0.4 is 5.32 Å². The molecule has 2 atom stereocenters. The van der Waals surface area contributed by atoms with Gasteiger partial charge in [0.1, 0.15) is 0 Å². The van der Waals surface area contributed by atoms with Gasteiger partial charge in [0.25, 0.3) is 0 Å². The van der Waals surface area contributed by atoms with Gasteiger partial charge in [-0.25, -0.2) is 12.7 Å². The summed E-state index contributed by atoms with van der Waals surface area (Å²) in [5.41, 5.74) is 0.843. The summed E-state index contributed by atoms with van der Waals surface area (Å²) in [4.78, 5) is 16.6. The van der Waals surface area contributed by atoms with Gasteiger partial charge in [0, 0.05) is 38.4 Å². The Morgan fingerprint density at radius 1 is 1.25 bits per heavy atom. The maximum absolute atomic E-state index is 12.3. The second-order valence-corrected chi connectivity index (χ2v) is 9.14. The van der Waals surface area contributed by atoms with Crippen molar-refractivity contribution < 1.29 is 22.5 Å². The summed E-state index contributed by atoms with van der Waals surface area (Å²) >= 11 is 0. The molecular formula is C18H24N4O5S. The molecule has 0 saturated carbocycles. The lowest BCUT2D eigenvalue weighted by Crippen LogP contribution is -2.43. The summed E-state index contributed by atoms with van der Waals surface area (Å²) < 4.78 is 35.9. The molecule has 0 radical (unpaired) electrons. The molecule has 28 heavy (non-hydrogen) atoms. The first kappa shape index (κ1) is 20.4. The van der Waals surface area contributed by atoms with Crippen molar-refractivity contribution in [3.8, 4) is 11.4 Å². The van der Waals surface area contributed by atoms with Crippen molar-refractivity contribution in [1.29, 1.82) is 0 Å². The second kappa shape index (κ2) is 8.80. The highest BCUT2D eigenvalue weighted by Gasteiger charge is 2.34. The van der Waals surface area contributed by atoms with E-state index in [9.17, 15) is 13.2 Å². The van der Waals surface area contributed by atoms with Gasteiger partial charge in [0.15, 0.2) is 0 Å². The molecule has 2 aromatic rings. The molecule has 1 amide bonds. The Morgan fingerprint density at radius 3 is 2.71 bits per heavy atom. The molecule has 1 aliphatic heterocycles. The van der Waals surface area contributed by atoms with Crippen molar-refractivity contribution in [3.63, 3.8) is 0 Å². The molecule has 2 heterocycles. The smallest absolute Gasteiger partial charge is 0.227 e. The van der Waals surface area contributed by atoms with Crippen LogP contribution in [0.4, 0.5) is 0 Å². The minimum absolute atomic E-state index is 0.0605. The molecule has 0 aliphatic carbocycles. The van der Waals surface area contributed by atoms with E-state index in [0.29, 0.717) is 31.3 Å². The number of carbonyl (C=O) groups is 1. The third-order valence-electron chi connectivity index (χ3n) is 4.59. The minimum Gasteiger partial charge on any atom is -0.379 e. The first-order chi connectivity index (χ1) is 13.3. The van der Waals surface area contributed by atoms with Crippen LogP contribution in [0.5, 0.6) is 0 Å². The number of hydrogen-bond acceptors (Lipinski definition) is 7. The Hall–Kier alpha value is -2.30. The van der Waals surface area contributed by atoms with Crippen LogP contribution in [0.25, 0.3) is 11.4 Å². The van der Waals surface area contributed by atoms with Crippen molar-refractivity contribution in [2.45, 2.75) is 18.9 Å². The molecule has 1 fully saturated rings. The number of nitrogens with zero attached hydrogens (tertiary/aromatic N) is 3. The summed E-state index contributed by atoms with van der Waals surface area (Å²) in [5.74, 6) is 0.318. The van der Waals surface area contributed by atoms with Crippen LogP contribution in [-0.4, -0.2) is 67.9 Å². The molecule has 0 spiro atoms. The molecule has 0 bridgehead atoms. The molecule has 152 valence electrons. The van der Waals surface area contributed by atoms with Gasteiger partial charge in [-0.15, -0.1) is 0 Å². The predicted octanol–water partition coefficient (Wildman–Crippen LogP) is 0.692. The average Bonchev–Trinajstić information content (AvgIpc) is 3.30. The van der Waals surface area contributed by atoms with Crippen LogP contribution in [0.2, 0.25) is 0 Å². The standard InChI is InChI=1S/C18H24N4O5S/c1-22(2)28(24,25)12-14-10-26-11-15(14)19-16(23)8-9-17-20-18(21-27-17)13-6-4-3-5-7-13/h3-7,14-15H,8-12H2,1-2H3,(H,19,23)/t14-,15+/m0/s1. The van der Waals surface area contributed by atoms with E-state index in [0.717, 1.165) is 5.56 Å².